The van der Waals surface area contributed by atoms with Gasteiger partial charge in [-0.2, -0.15) is 0 Å². The molecule has 0 bridgehead atoms. The van der Waals surface area contributed by atoms with Crippen LogP contribution in [0.4, 0.5) is 0 Å². The standard InChI is InChI=1S/C66H42N8.C65H45N5/c1-6-20-43(21-7-1)44-34-36-48(37-35-44)64-68-63(47-26-12-4-13-27-47)71-66(72-64)53-42-49(65-69-61(45-22-8-2-9-23-45)67-62(70-65)46-24-10-3-11-25-46)38-39-56(53)74-55-33-19-17-31-52(55)60-58(74)41-40-57-59(60)51-30-16-18-32-54(51)73(57)50-28-14-5-15-29-50;1-65(2)53-32-17-15-30-50(53)60-54(65)35-37-59-61(60)51-31-16-18-33-57(51)70(59)58-36-34-47(39-52(58)64-68-62(44-24-11-5-12-25-44)67-63(69-64)45-26-13-6-14-27-45)49-40-55(43-22-9-4-10-23-43)66-56(41-49)48-29-19-28-46(38-48)42-20-7-3-8-21-42/h1-42H;3-41H,1-2H3. The second-order valence-corrected chi connectivity index (χ2v) is 36.9. The Morgan fingerprint density at radius 1 is 0.167 bits per heavy atom. The number of aromatic nitrogens is 13. The van der Waals surface area contributed by atoms with Crippen molar-refractivity contribution in [3.8, 4) is 187 Å². The largest absolute Gasteiger partial charge is 0.309 e. The highest BCUT2D eigenvalue weighted by molar-refractivity contribution is 6.29. The van der Waals surface area contributed by atoms with Crippen LogP contribution in [0.5, 0.6) is 0 Å². The molecule has 0 unspecified atom stereocenters. The van der Waals surface area contributed by atoms with E-state index in [0.717, 1.165) is 167 Å². The molecule has 1 aliphatic rings. The highest BCUT2D eigenvalue weighted by Gasteiger charge is 2.38. The molecule has 13 heteroatoms. The molecule has 0 spiro atoms. The van der Waals surface area contributed by atoms with Crippen LogP contribution in [0.25, 0.3) is 252 Å². The van der Waals surface area contributed by atoms with Crippen LogP contribution in [0.15, 0.2) is 491 Å². The van der Waals surface area contributed by atoms with E-state index in [0.29, 0.717) is 52.4 Å². The molecule has 7 heterocycles. The van der Waals surface area contributed by atoms with E-state index in [2.05, 4.69) is 379 Å². The Morgan fingerprint density at radius 2 is 0.465 bits per heavy atom. The molecule has 13 nitrogen and oxygen atoms in total. The van der Waals surface area contributed by atoms with Crippen LogP contribution in [0.3, 0.4) is 0 Å². The van der Waals surface area contributed by atoms with Crippen molar-refractivity contribution >= 4 is 65.4 Å². The van der Waals surface area contributed by atoms with Crippen molar-refractivity contribution in [2.75, 3.05) is 0 Å². The van der Waals surface area contributed by atoms with Crippen molar-refractivity contribution in [2.45, 2.75) is 19.3 Å². The maximum atomic E-state index is 5.43. The summed E-state index contributed by atoms with van der Waals surface area (Å²) in [6, 6.07) is 172. The third-order valence-corrected chi connectivity index (χ3v) is 27.9. The van der Waals surface area contributed by atoms with Gasteiger partial charge in [0.15, 0.2) is 52.4 Å². The van der Waals surface area contributed by atoms with Gasteiger partial charge in [-0.25, -0.2) is 49.8 Å². The molecular formula is C131H87N13. The predicted octanol–water partition coefficient (Wildman–Crippen LogP) is 32.3. The van der Waals surface area contributed by atoms with Crippen LogP contribution < -0.4 is 0 Å². The van der Waals surface area contributed by atoms with E-state index < -0.39 is 0 Å². The van der Waals surface area contributed by atoms with Gasteiger partial charge in [-0.3, -0.25) is 0 Å². The summed E-state index contributed by atoms with van der Waals surface area (Å²) in [6.07, 6.45) is 0. The summed E-state index contributed by atoms with van der Waals surface area (Å²) in [6.45, 7) is 4.70. The maximum absolute atomic E-state index is 5.43. The monoisotopic (exact) mass is 1840 g/mol. The molecule has 0 amide bonds. The van der Waals surface area contributed by atoms with Crippen molar-refractivity contribution in [2.24, 2.45) is 0 Å². The molecule has 0 radical (unpaired) electrons. The van der Waals surface area contributed by atoms with Crippen LogP contribution in [0.2, 0.25) is 0 Å². The van der Waals surface area contributed by atoms with Crippen molar-refractivity contribution in [3.63, 3.8) is 0 Å². The fraction of sp³-hybridized carbons (Fsp3) is 0.0229. The van der Waals surface area contributed by atoms with E-state index in [4.69, 9.17) is 49.8 Å². The molecular weight excluding hydrogens is 1760 g/mol. The first-order chi connectivity index (χ1) is 71.2. The zero-order chi connectivity index (χ0) is 95.7. The summed E-state index contributed by atoms with van der Waals surface area (Å²) in [5.74, 6) is 5.10. The van der Waals surface area contributed by atoms with Crippen molar-refractivity contribution in [3.05, 3.63) is 503 Å². The van der Waals surface area contributed by atoms with Gasteiger partial charge < -0.3 is 13.7 Å². The maximum Gasteiger partial charge on any atom is 0.166 e. The van der Waals surface area contributed by atoms with E-state index >= 15 is 0 Å². The van der Waals surface area contributed by atoms with Crippen LogP contribution in [-0.2, 0) is 5.41 Å². The minimum absolute atomic E-state index is 0.145. The molecule has 676 valence electrons. The first kappa shape index (κ1) is 85.2. The van der Waals surface area contributed by atoms with Gasteiger partial charge in [0.05, 0.1) is 55.9 Å². The zero-order valence-corrected chi connectivity index (χ0v) is 78.6. The smallest absolute Gasteiger partial charge is 0.166 e. The fourth-order valence-electron chi connectivity index (χ4n) is 21.0. The number of benzene rings is 19. The molecule has 7 aromatic heterocycles. The van der Waals surface area contributed by atoms with Gasteiger partial charge in [0, 0.05) is 105 Å². The number of fused-ring (bicyclic) bond motifs is 14. The number of para-hydroxylation sites is 4. The summed E-state index contributed by atoms with van der Waals surface area (Å²) in [7, 11) is 0. The lowest BCUT2D eigenvalue weighted by Crippen LogP contribution is -2.14. The van der Waals surface area contributed by atoms with Gasteiger partial charge in [0.2, 0.25) is 0 Å². The Hall–Kier alpha value is -19.2. The molecule has 19 aromatic carbocycles. The SMILES string of the molecule is CC1(C)c2ccccc2-c2c1ccc1c2c2ccccc2n1-c1ccc(-c2cc(-c3ccccc3)nc(-c3cccc(-c4ccccc4)c3)c2)cc1-c1nc(-c2ccccc2)nc(-c2ccccc2)n1.c1ccc(-c2ccc(-c3nc(-c4ccccc4)nc(-c4cc(-c5nc(-c6ccccc6)nc(-c6ccccc6)n5)ccc4-n4c5ccccc5c5c6c7ccccc7n(-c7ccccc7)c6ccc54)n3)cc2)cc1. The van der Waals surface area contributed by atoms with E-state index in [-0.39, 0.29) is 5.41 Å². The summed E-state index contributed by atoms with van der Waals surface area (Å²) < 4.78 is 7.17. The van der Waals surface area contributed by atoms with Gasteiger partial charge in [0.25, 0.3) is 0 Å². The van der Waals surface area contributed by atoms with E-state index in [1.807, 2.05) is 140 Å². The molecule has 0 saturated heterocycles. The van der Waals surface area contributed by atoms with Gasteiger partial charge in [-0.05, 0) is 153 Å². The van der Waals surface area contributed by atoms with Gasteiger partial charge in [-0.15, -0.1) is 0 Å². The topological polar surface area (TPSA) is 144 Å². The molecule has 0 fully saturated rings. The quantitative estimate of drug-likeness (QED) is 0.0864. The van der Waals surface area contributed by atoms with E-state index in [1.165, 1.54) is 43.8 Å². The Morgan fingerprint density at radius 3 is 0.938 bits per heavy atom. The van der Waals surface area contributed by atoms with Crippen molar-refractivity contribution < 1.29 is 0 Å². The predicted molar refractivity (Wildman–Crippen MR) is 588 cm³/mol. The van der Waals surface area contributed by atoms with Gasteiger partial charge in [-0.1, -0.05) is 408 Å². The van der Waals surface area contributed by atoms with Crippen LogP contribution in [0, 0.1) is 0 Å². The molecule has 26 aromatic rings. The summed E-state index contributed by atoms with van der Waals surface area (Å²) in [4.78, 5) is 52.7. The fourth-order valence-corrected chi connectivity index (χ4v) is 21.0. The Kier molecular flexibility index (Phi) is 21.3. The first-order valence-corrected chi connectivity index (χ1v) is 48.6. The zero-order valence-electron chi connectivity index (χ0n) is 78.6. The minimum Gasteiger partial charge on any atom is -0.309 e. The molecule has 0 saturated carbocycles. The van der Waals surface area contributed by atoms with Crippen LogP contribution in [0.1, 0.15) is 25.0 Å². The average Bonchev–Trinajstić information content (AvgIpc) is 1.54. The summed E-state index contributed by atoms with van der Waals surface area (Å²) in [5, 5.41) is 7.12. The normalized spacial score (nSPS) is 12.0. The Balaban J connectivity index is 0.000000147. The molecule has 0 N–H and O–H groups in total. The second kappa shape index (κ2) is 36.0. The van der Waals surface area contributed by atoms with Gasteiger partial charge >= 0.3 is 0 Å². The highest BCUT2D eigenvalue weighted by Crippen LogP contribution is 2.55. The first-order valence-electron chi connectivity index (χ1n) is 48.6. The van der Waals surface area contributed by atoms with E-state index in [9.17, 15) is 0 Å². The lowest BCUT2D eigenvalue weighted by Gasteiger charge is -2.21. The van der Waals surface area contributed by atoms with E-state index in [1.54, 1.807) is 0 Å². The molecule has 144 heavy (non-hydrogen) atoms. The summed E-state index contributed by atoms with van der Waals surface area (Å²) in [5.41, 5.74) is 33.0. The van der Waals surface area contributed by atoms with Crippen LogP contribution in [-0.4, -0.2) is 63.5 Å². The van der Waals surface area contributed by atoms with Crippen molar-refractivity contribution in [1.82, 2.24) is 63.5 Å². The van der Waals surface area contributed by atoms with Crippen LogP contribution >= 0.6 is 0 Å². The minimum atomic E-state index is -0.145. The summed E-state index contributed by atoms with van der Waals surface area (Å²) >= 11 is 0. The number of hydrogen-bond acceptors (Lipinski definition) is 10. The average molecular weight is 1840 g/mol. The van der Waals surface area contributed by atoms with Crippen molar-refractivity contribution in [1.29, 1.82) is 0 Å². The lowest BCUT2D eigenvalue weighted by molar-refractivity contribution is 0.661. The number of nitrogens with zero attached hydrogens (tertiary/aromatic N) is 13. The second-order valence-electron chi connectivity index (χ2n) is 36.9. The Bertz CT molecular complexity index is 9310. The number of rotatable bonds is 17. The van der Waals surface area contributed by atoms with Gasteiger partial charge in [0.1, 0.15) is 0 Å². The lowest BCUT2D eigenvalue weighted by atomic mass is 9.82. The highest BCUT2D eigenvalue weighted by atomic mass is 15.1. The molecule has 27 rings (SSSR count). The molecule has 1 aliphatic carbocycles. The third-order valence-electron chi connectivity index (χ3n) is 27.9. The molecule has 0 aliphatic heterocycles. The number of hydrogen-bond donors (Lipinski definition) is 0. The Labute approximate surface area is 831 Å². The molecule has 0 atom stereocenters. The third kappa shape index (κ3) is 15.3. The number of pyridine rings is 1.